The highest BCUT2D eigenvalue weighted by Crippen LogP contribution is 2.27. The number of aromatic nitrogens is 2. The average molecular weight is 390 g/mol. The smallest absolute Gasteiger partial charge is 0.272 e. The van der Waals surface area contributed by atoms with Gasteiger partial charge in [-0.05, 0) is 30.5 Å². The van der Waals surface area contributed by atoms with Gasteiger partial charge in [0.1, 0.15) is 0 Å². The maximum atomic E-state index is 12.5. The van der Waals surface area contributed by atoms with Crippen LogP contribution in [-0.2, 0) is 24.3 Å². The van der Waals surface area contributed by atoms with E-state index >= 15 is 0 Å². The second-order valence-electron chi connectivity index (χ2n) is 6.96. The summed E-state index contributed by atoms with van der Waals surface area (Å²) >= 11 is 0. The van der Waals surface area contributed by atoms with E-state index in [0.717, 1.165) is 54.7 Å². The number of amides is 2. The lowest BCUT2D eigenvalue weighted by molar-refractivity contribution is -0.122. The molecule has 0 unspecified atom stereocenters. The van der Waals surface area contributed by atoms with Gasteiger partial charge in [-0.3, -0.25) is 14.7 Å². The number of benzene rings is 1. The van der Waals surface area contributed by atoms with Crippen LogP contribution in [0.5, 0.6) is 0 Å². The Balaban J connectivity index is 0.00000210. The van der Waals surface area contributed by atoms with Crippen LogP contribution in [0.4, 0.5) is 5.69 Å². The number of nitrogens with one attached hydrogen (secondary N) is 4. The Morgan fingerprint density at radius 2 is 2.11 bits per heavy atom. The molecule has 0 spiro atoms. The van der Waals surface area contributed by atoms with Crippen LogP contribution in [0, 0.1) is 5.92 Å². The first-order valence-electron chi connectivity index (χ1n) is 9.15. The zero-order valence-electron chi connectivity index (χ0n) is 15.0. The third kappa shape index (κ3) is 4.31. The topological polar surface area (TPSA) is 98.9 Å². The zero-order chi connectivity index (χ0) is 17.9. The summed E-state index contributed by atoms with van der Waals surface area (Å²) in [6.07, 6.45) is 3.95. The third-order valence-electron chi connectivity index (χ3n) is 5.14. The second-order valence-corrected chi connectivity index (χ2v) is 6.96. The Bertz CT molecular complexity index is 831. The summed E-state index contributed by atoms with van der Waals surface area (Å²) < 4.78 is 0. The molecule has 0 bridgehead atoms. The summed E-state index contributed by atoms with van der Waals surface area (Å²) in [5.41, 5.74) is 4.16. The van der Waals surface area contributed by atoms with Gasteiger partial charge >= 0.3 is 0 Å². The monoisotopic (exact) mass is 389 g/mol. The average Bonchev–Trinajstić information content (AvgIpc) is 3.02. The molecule has 7 nitrogen and oxygen atoms in total. The van der Waals surface area contributed by atoms with E-state index < -0.39 is 0 Å². The first-order chi connectivity index (χ1) is 12.7. The fourth-order valence-electron chi connectivity index (χ4n) is 3.35. The molecule has 1 aliphatic carbocycles. The van der Waals surface area contributed by atoms with Crippen LogP contribution in [-0.4, -0.2) is 28.6 Å². The highest BCUT2D eigenvalue weighted by Gasteiger charge is 2.25. The molecule has 1 aromatic heterocycles. The Morgan fingerprint density at radius 1 is 1.26 bits per heavy atom. The van der Waals surface area contributed by atoms with Gasteiger partial charge in [0, 0.05) is 48.9 Å². The van der Waals surface area contributed by atoms with Gasteiger partial charge < -0.3 is 16.0 Å². The van der Waals surface area contributed by atoms with Gasteiger partial charge in [0.25, 0.3) is 5.91 Å². The van der Waals surface area contributed by atoms with Crippen molar-refractivity contribution in [2.24, 2.45) is 5.92 Å². The Morgan fingerprint density at radius 3 is 2.89 bits per heavy atom. The van der Waals surface area contributed by atoms with E-state index in [4.69, 9.17) is 0 Å². The summed E-state index contributed by atoms with van der Waals surface area (Å²) in [7, 11) is 0. The fourth-order valence-corrected chi connectivity index (χ4v) is 3.35. The van der Waals surface area contributed by atoms with Crippen LogP contribution in [0.15, 0.2) is 24.3 Å². The number of hydrogen-bond acceptors (Lipinski definition) is 4. The molecule has 0 radical (unpaired) electrons. The highest BCUT2D eigenvalue weighted by atomic mass is 35.5. The van der Waals surface area contributed by atoms with Crippen LogP contribution in [0.1, 0.15) is 46.6 Å². The molecule has 2 aromatic rings. The van der Waals surface area contributed by atoms with E-state index in [1.54, 1.807) is 0 Å². The lowest BCUT2D eigenvalue weighted by Crippen LogP contribution is -2.28. The fraction of sp³-hybridized carbons (Fsp3) is 0.421. The molecule has 1 aromatic carbocycles. The predicted molar refractivity (Wildman–Crippen MR) is 105 cm³/mol. The molecule has 2 aliphatic rings. The highest BCUT2D eigenvalue weighted by molar-refractivity contribution is 5.94. The molecule has 27 heavy (non-hydrogen) atoms. The van der Waals surface area contributed by atoms with Crippen molar-refractivity contribution in [3.05, 3.63) is 46.8 Å². The second kappa shape index (κ2) is 8.54. The van der Waals surface area contributed by atoms with Gasteiger partial charge in [0.05, 0.1) is 0 Å². The number of fused-ring (bicyclic) bond motifs is 1. The van der Waals surface area contributed by atoms with Crippen molar-refractivity contribution in [3.63, 3.8) is 0 Å². The van der Waals surface area contributed by atoms with Crippen molar-refractivity contribution in [1.29, 1.82) is 0 Å². The normalized spacial score (nSPS) is 15.9. The molecule has 0 atom stereocenters. The van der Waals surface area contributed by atoms with E-state index in [2.05, 4.69) is 26.1 Å². The zero-order valence-corrected chi connectivity index (χ0v) is 15.8. The molecule has 1 saturated carbocycles. The molecule has 1 fully saturated rings. The minimum absolute atomic E-state index is 0. The van der Waals surface area contributed by atoms with E-state index in [0.29, 0.717) is 18.8 Å². The van der Waals surface area contributed by atoms with E-state index in [1.165, 1.54) is 0 Å². The number of carbonyl (C=O) groups is 2. The van der Waals surface area contributed by atoms with Crippen molar-refractivity contribution in [2.75, 3.05) is 11.9 Å². The Kier molecular flexibility index (Phi) is 6.13. The van der Waals surface area contributed by atoms with Gasteiger partial charge in [0.15, 0.2) is 5.69 Å². The summed E-state index contributed by atoms with van der Waals surface area (Å²) in [6.45, 7) is 1.95. The molecule has 144 valence electrons. The van der Waals surface area contributed by atoms with E-state index in [9.17, 15) is 9.59 Å². The SMILES string of the molecule is Cl.O=C(NCc1cccc(NC(=O)C2CCC2)c1)c1n[nH]c2c1CNCC2. The molecule has 2 heterocycles. The molecule has 2 amide bonds. The van der Waals surface area contributed by atoms with E-state index in [-0.39, 0.29) is 30.1 Å². The third-order valence-corrected chi connectivity index (χ3v) is 5.14. The quantitative estimate of drug-likeness (QED) is 0.629. The van der Waals surface area contributed by atoms with Crippen LogP contribution < -0.4 is 16.0 Å². The molecular formula is C19H24ClN5O2. The van der Waals surface area contributed by atoms with Gasteiger partial charge in [-0.25, -0.2) is 0 Å². The number of halogens is 1. The predicted octanol–water partition coefficient (Wildman–Crippen LogP) is 2.15. The van der Waals surface area contributed by atoms with Crippen molar-refractivity contribution in [2.45, 2.75) is 38.8 Å². The van der Waals surface area contributed by atoms with Gasteiger partial charge in [-0.15, -0.1) is 12.4 Å². The molecule has 4 N–H and O–H groups in total. The summed E-state index contributed by atoms with van der Waals surface area (Å²) in [5, 5.41) is 16.3. The van der Waals surface area contributed by atoms with Gasteiger partial charge in [-0.2, -0.15) is 5.10 Å². The molecule has 0 saturated heterocycles. The van der Waals surface area contributed by atoms with Gasteiger partial charge in [-0.1, -0.05) is 18.6 Å². The molecule has 4 rings (SSSR count). The standard InChI is InChI=1S/C19H23N5O2.ClH/c25-18(13-4-2-5-13)22-14-6-1-3-12(9-14)10-21-19(26)17-15-11-20-8-7-16(15)23-24-17;/h1,3,6,9,13,20H,2,4-5,7-8,10-11H2,(H,21,26)(H,22,25)(H,23,24);1H. The summed E-state index contributed by atoms with van der Waals surface area (Å²) in [5.74, 6) is 0.0565. The maximum Gasteiger partial charge on any atom is 0.272 e. The number of aromatic amines is 1. The van der Waals surface area contributed by atoms with Crippen LogP contribution in [0.3, 0.4) is 0 Å². The van der Waals surface area contributed by atoms with Crippen LogP contribution in [0.2, 0.25) is 0 Å². The Hall–Kier alpha value is -2.38. The van der Waals surface area contributed by atoms with Crippen molar-refractivity contribution >= 4 is 29.9 Å². The number of anilines is 1. The number of hydrogen-bond donors (Lipinski definition) is 4. The van der Waals surface area contributed by atoms with Gasteiger partial charge in [0.2, 0.25) is 5.91 Å². The number of rotatable bonds is 5. The lowest BCUT2D eigenvalue weighted by atomic mass is 9.85. The number of carbonyl (C=O) groups excluding carboxylic acids is 2. The minimum atomic E-state index is -0.185. The first kappa shape index (κ1) is 19.4. The van der Waals surface area contributed by atoms with E-state index in [1.807, 2.05) is 24.3 Å². The summed E-state index contributed by atoms with van der Waals surface area (Å²) in [6, 6.07) is 7.59. The van der Waals surface area contributed by atoms with Crippen molar-refractivity contribution in [1.82, 2.24) is 20.8 Å². The molecule has 1 aliphatic heterocycles. The van der Waals surface area contributed by atoms with Crippen LogP contribution >= 0.6 is 12.4 Å². The van der Waals surface area contributed by atoms with Crippen molar-refractivity contribution < 1.29 is 9.59 Å². The van der Waals surface area contributed by atoms with Crippen molar-refractivity contribution in [3.8, 4) is 0 Å². The Labute approximate surface area is 164 Å². The summed E-state index contributed by atoms with van der Waals surface area (Å²) in [4.78, 5) is 24.5. The minimum Gasteiger partial charge on any atom is -0.347 e. The number of nitrogens with zero attached hydrogens (tertiary/aromatic N) is 1. The maximum absolute atomic E-state index is 12.5. The largest absolute Gasteiger partial charge is 0.347 e. The first-order valence-corrected chi connectivity index (χ1v) is 9.15. The molecular weight excluding hydrogens is 366 g/mol. The van der Waals surface area contributed by atoms with Crippen LogP contribution in [0.25, 0.3) is 0 Å². The lowest BCUT2D eigenvalue weighted by Gasteiger charge is -2.24. The molecule has 8 heteroatoms. The number of H-pyrrole nitrogens is 1.